The number of hydrogen-bond acceptors (Lipinski definition) is 4. The van der Waals surface area contributed by atoms with Gasteiger partial charge in [-0.15, -0.1) is 11.3 Å². The van der Waals surface area contributed by atoms with Crippen molar-refractivity contribution in [2.75, 3.05) is 18.4 Å². The van der Waals surface area contributed by atoms with Crippen LogP contribution in [-0.2, 0) is 11.3 Å². The molecular formula is C19H21N3O2S. The Labute approximate surface area is 151 Å². The molecule has 2 atom stereocenters. The van der Waals surface area contributed by atoms with Crippen molar-refractivity contribution in [3.63, 3.8) is 0 Å². The molecule has 1 fully saturated rings. The largest absolute Gasteiger partial charge is 0.345 e. The predicted molar refractivity (Wildman–Crippen MR) is 98.8 cm³/mol. The van der Waals surface area contributed by atoms with Crippen LogP contribution in [0.25, 0.3) is 0 Å². The van der Waals surface area contributed by atoms with Crippen LogP contribution in [-0.4, -0.2) is 35.3 Å². The van der Waals surface area contributed by atoms with Crippen molar-refractivity contribution in [3.8, 4) is 0 Å². The highest BCUT2D eigenvalue weighted by molar-refractivity contribution is 7.11. The Morgan fingerprint density at radius 3 is 2.80 bits per heavy atom. The van der Waals surface area contributed by atoms with Crippen LogP contribution in [0.15, 0.2) is 36.4 Å². The van der Waals surface area contributed by atoms with Crippen molar-refractivity contribution in [3.05, 3.63) is 51.7 Å². The summed E-state index contributed by atoms with van der Waals surface area (Å²) in [5.41, 5.74) is 0.531. The van der Waals surface area contributed by atoms with Crippen molar-refractivity contribution < 1.29 is 9.59 Å². The van der Waals surface area contributed by atoms with E-state index in [1.165, 1.54) is 9.75 Å². The van der Waals surface area contributed by atoms with Gasteiger partial charge >= 0.3 is 0 Å². The van der Waals surface area contributed by atoms with E-state index < -0.39 is 5.54 Å². The Morgan fingerprint density at radius 1 is 1.24 bits per heavy atom. The van der Waals surface area contributed by atoms with Crippen LogP contribution in [0.4, 0.5) is 5.69 Å². The minimum absolute atomic E-state index is 0.0280. The third-order valence-corrected chi connectivity index (χ3v) is 6.07. The van der Waals surface area contributed by atoms with Crippen LogP contribution in [0.5, 0.6) is 0 Å². The second-order valence-electron chi connectivity index (χ2n) is 7.14. The Bertz CT molecular complexity index is 847. The second kappa shape index (κ2) is 5.97. The minimum Gasteiger partial charge on any atom is -0.345 e. The van der Waals surface area contributed by atoms with Gasteiger partial charge in [-0.1, -0.05) is 12.1 Å². The highest BCUT2D eigenvalue weighted by atomic mass is 32.1. The quantitative estimate of drug-likeness (QED) is 0.871. The SMILES string of the molecule is Cc1ccc(CN2C[C@H]3C(=O)Nc4ccccc4C(=O)N[C@@]3(C)C2)s1. The number of anilines is 1. The number of amides is 2. The summed E-state index contributed by atoms with van der Waals surface area (Å²) < 4.78 is 0. The number of aryl methyl sites for hydroxylation is 1. The van der Waals surface area contributed by atoms with E-state index in [4.69, 9.17) is 0 Å². The summed E-state index contributed by atoms with van der Waals surface area (Å²) in [6, 6.07) is 11.4. The monoisotopic (exact) mass is 355 g/mol. The van der Waals surface area contributed by atoms with E-state index in [-0.39, 0.29) is 17.7 Å². The van der Waals surface area contributed by atoms with Crippen LogP contribution in [0.2, 0.25) is 0 Å². The van der Waals surface area contributed by atoms with Gasteiger partial charge in [-0.05, 0) is 38.1 Å². The summed E-state index contributed by atoms with van der Waals surface area (Å²) >= 11 is 1.78. The van der Waals surface area contributed by atoms with Crippen molar-refractivity contribution in [1.29, 1.82) is 0 Å². The number of carbonyl (C=O) groups is 2. The van der Waals surface area contributed by atoms with Gasteiger partial charge in [0.25, 0.3) is 5.91 Å². The average molecular weight is 355 g/mol. The topological polar surface area (TPSA) is 61.4 Å². The maximum absolute atomic E-state index is 12.8. The number of rotatable bonds is 2. The second-order valence-corrected chi connectivity index (χ2v) is 8.51. The van der Waals surface area contributed by atoms with Crippen LogP contribution >= 0.6 is 11.3 Å². The average Bonchev–Trinajstić information content (AvgIpc) is 3.10. The standard InChI is InChI=1S/C19H21N3O2S/c1-12-7-8-13(25-12)9-22-10-15-18(24)20-16-6-4-3-5-14(16)17(23)21-19(15,2)11-22/h3-8,15H,9-11H2,1-2H3,(H,20,24)(H,21,23)/t15-,19-/m0/s1. The fourth-order valence-corrected chi connectivity index (χ4v) is 4.78. The number of benzene rings is 1. The van der Waals surface area contributed by atoms with Crippen LogP contribution in [0, 0.1) is 12.8 Å². The molecule has 0 spiro atoms. The molecule has 6 heteroatoms. The maximum Gasteiger partial charge on any atom is 0.253 e. The van der Waals surface area contributed by atoms with E-state index in [0.29, 0.717) is 24.3 Å². The van der Waals surface area contributed by atoms with E-state index in [1.54, 1.807) is 23.5 Å². The van der Waals surface area contributed by atoms with E-state index in [2.05, 4.69) is 34.6 Å². The molecule has 1 aromatic heterocycles. The van der Waals surface area contributed by atoms with Crippen molar-refractivity contribution in [2.24, 2.45) is 5.92 Å². The third-order valence-electron chi connectivity index (χ3n) is 5.08. The molecule has 2 N–H and O–H groups in total. The molecule has 4 rings (SSSR count). The molecule has 1 saturated heterocycles. The molecule has 0 saturated carbocycles. The highest BCUT2D eigenvalue weighted by Crippen LogP contribution is 2.33. The molecule has 0 aliphatic carbocycles. The molecule has 2 aliphatic rings. The van der Waals surface area contributed by atoms with Crippen LogP contribution in [0.3, 0.4) is 0 Å². The third kappa shape index (κ3) is 2.96. The van der Waals surface area contributed by atoms with Crippen molar-refractivity contribution in [1.82, 2.24) is 10.2 Å². The number of nitrogens with one attached hydrogen (secondary N) is 2. The van der Waals surface area contributed by atoms with Gasteiger partial charge in [0.2, 0.25) is 5.91 Å². The molecule has 25 heavy (non-hydrogen) atoms. The molecule has 2 aromatic rings. The zero-order valence-corrected chi connectivity index (χ0v) is 15.2. The lowest BCUT2D eigenvalue weighted by Gasteiger charge is -2.33. The van der Waals surface area contributed by atoms with Gasteiger partial charge in [0, 0.05) is 29.4 Å². The summed E-state index contributed by atoms with van der Waals surface area (Å²) in [7, 11) is 0. The van der Waals surface area contributed by atoms with Crippen LogP contribution < -0.4 is 10.6 Å². The summed E-state index contributed by atoms with van der Waals surface area (Å²) in [4.78, 5) is 30.4. The van der Waals surface area contributed by atoms with Gasteiger partial charge in [-0.3, -0.25) is 14.5 Å². The summed E-state index contributed by atoms with van der Waals surface area (Å²) in [6.07, 6.45) is 0. The molecular weight excluding hydrogens is 334 g/mol. The number of thiophene rings is 1. The molecule has 5 nitrogen and oxygen atoms in total. The fraction of sp³-hybridized carbons (Fsp3) is 0.368. The van der Waals surface area contributed by atoms with E-state index in [0.717, 1.165) is 6.54 Å². The predicted octanol–water partition coefficient (Wildman–Crippen LogP) is 2.63. The van der Waals surface area contributed by atoms with E-state index >= 15 is 0 Å². The number of nitrogens with zero attached hydrogens (tertiary/aromatic N) is 1. The van der Waals surface area contributed by atoms with Gasteiger partial charge in [-0.2, -0.15) is 0 Å². The number of hydrogen-bond donors (Lipinski definition) is 2. The number of fused-ring (bicyclic) bond motifs is 2. The molecule has 2 amide bonds. The number of carbonyl (C=O) groups excluding carboxylic acids is 2. The molecule has 0 unspecified atom stereocenters. The molecule has 0 bridgehead atoms. The number of likely N-dealkylation sites (tertiary alicyclic amines) is 1. The summed E-state index contributed by atoms with van der Waals surface area (Å²) in [5.74, 6) is -0.428. The smallest absolute Gasteiger partial charge is 0.253 e. The van der Waals surface area contributed by atoms with Crippen LogP contribution in [0.1, 0.15) is 27.0 Å². The maximum atomic E-state index is 12.8. The first-order chi connectivity index (χ1) is 11.9. The van der Waals surface area contributed by atoms with E-state index in [1.807, 2.05) is 19.1 Å². The van der Waals surface area contributed by atoms with Gasteiger partial charge in [0.15, 0.2) is 0 Å². The van der Waals surface area contributed by atoms with Gasteiger partial charge in [-0.25, -0.2) is 0 Å². The first-order valence-corrected chi connectivity index (χ1v) is 9.26. The lowest BCUT2D eigenvalue weighted by atomic mass is 9.86. The summed E-state index contributed by atoms with van der Waals surface area (Å²) in [6.45, 7) is 6.18. The molecule has 1 aromatic carbocycles. The van der Waals surface area contributed by atoms with Gasteiger partial charge < -0.3 is 10.6 Å². The first kappa shape index (κ1) is 16.3. The Hall–Kier alpha value is -2.18. The summed E-state index contributed by atoms with van der Waals surface area (Å²) in [5, 5.41) is 6.08. The Kier molecular flexibility index (Phi) is 3.89. The van der Waals surface area contributed by atoms with Gasteiger partial charge in [0.05, 0.1) is 22.7 Å². The highest BCUT2D eigenvalue weighted by Gasteiger charge is 2.49. The van der Waals surface area contributed by atoms with Crippen molar-refractivity contribution >= 4 is 28.8 Å². The molecule has 130 valence electrons. The number of para-hydroxylation sites is 1. The van der Waals surface area contributed by atoms with E-state index in [9.17, 15) is 9.59 Å². The Balaban J connectivity index is 1.61. The molecule has 2 aliphatic heterocycles. The minimum atomic E-state index is -0.568. The lowest BCUT2D eigenvalue weighted by molar-refractivity contribution is -0.121. The Morgan fingerprint density at radius 2 is 2.04 bits per heavy atom. The van der Waals surface area contributed by atoms with Crippen molar-refractivity contribution in [2.45, 2.75) is 25.9 Å². The normalized spacial score (nSPS) is 26.2. The first-order valence-electron chi connectivity index (χ1n) is 8.45. The lowest BCUT2D eigenvalue weighted by Crippen LogP contribution is -2.56. The zero-order valence-electron chi connectivity index (χ0n) is 14.3. The fourth-order valence-electron chi connectivity index (χ4n) is 3.85. The molecule has 0 radical (unpaired) electrons. The van der Waals surface area contributed by atoms with Gasteiger partial charge in [0.1, 0.15) is 0 Å². The zero-order chi connectivity index (χ0) is 17.6. The molecule has 3 heterocycles.